The first-order chi connectivity index (χ1) is 29.4. The second kappa shape index (κ2) is 12.3. The van der Waals surface area contributed by atoms with E-state index in [1.807, 2.05) is 0 Å². The van der Waals surface area contributed by atoms with Gasteiger partial charge in [0, 0.05) is 43.7 Å². The number of allylic oxidation sites excluding steroid dienone is 4. The normalized spacial score (nSPS) is 15.6. The number of rotatable bonds is 4. The highest BCUT2D eigenvalue weighted by Gasteiger charge is 2.36. The Morgan fingerprint density at radius 3 is 1.47 bits per heavy atom. The van der Waals surface area contributed by atoms with Crippen LogP contribution in [-0.2, 0) is 5.41 Å². The lowest BCUT2D eigenvalue weighted by atomic mass is 9.81. The summed E-state index contributed by atoms with van der Waals surface area (Å²) in [5, 5.41) is 6.83. The summed E-state index contributed by atoms with van der Waals surface area (Å²) in [7, 11) is 0. The SMILES string of the molecule is CC1(C)c2cc(-c3ccc4oc5ccc(C6C=CC=CC6)cc5c4c3)ccc2-c2cc3c(cc21)oc1ccc(-c2ccc4oc5ccc(-c6ccccc6)cc5c4c2)cc13. The largest absolute Gasteiger partial charge is 0.456 e. The van der Waals surface area contributed by atoms with Gasteiger partial charge < -0.3 is 13.3 Å². The molecule has 3 nitrogen and oxygen atoms in total. The maximum atomic E-state index is 6.61. The Bertz CT molecular complexity index is 3660. The van der Waals surface area contributed by atoms with Crippen molar-refractivity contribution in [2.24, 2.45) is 0 Å². The number of hydrogen-bond acceptors (Lipinski definition) is 3. The molecular formula is C57H38O3. The van der Waals surface area contributed by atoms with Crippen LogP contribution in [0, 0.1) is 0 Å². The van der Waals surface area contributed by atoms with Crippen LogP contribution in [0.4, 0.5) is 0 Å². The molecule has 60 heavy (non-hydrogen) atoms. The van der Waals surface area contributed by atoms with Gasteiger partial charge in [-0.25, -0.2) is 0 Å². The van der Waals surface area contributed by atoms with E-state index in [0.29, 0.717) is 5.92 Å². The van der Waals surface area contributed by atoms with Crippen LogP contribution >= 0.6 is 0 Å². The lowest BCUT2D eigenvalue weighted by molar-refractivity contribution is 0.647. The molecule has 2 aliphatic carbocycles. The lowest BCUT2D eigenvalue weighted by Crippen LogP contribution is -2.15. The monoisotopic (exact) mass is 770 g/mol. The standard InChI is InChI=1S/C57H38O3/c1-57(2)49-30-40(39-18-23-54-46(29-39)44-26-36(15-21-52(44)59-54)34-11-7-4-8-12-34)13-19-41(49)42-31-48-47-28-38(17-24-55(47)60-56(48)32-50(42)57)37-16-22-53-45(27-37)43-25-35(14-20-51(43)58-53)33-9-5-3-6-10-33/h3-11,13-32,34H,12H2,1-2H3. The van der Waals surface area contributed by atoms with Gasteiger partial charge in [-0.15, -0.1) is 0 Å². The van der Waals surface area contributed by atoms with Crippen molar-refractivity contribution in [2.75, 3.05) is 0 Å². The molecule has 11 aromatic rings. The molecule has 0 bridgehead atoms. The second-order valence-corrected chi connectivity index (χ2v) is 17.2. The number of benzene rings is 8. The maximum Gasteiger partial charge on any atom is 0.135 e. The van der Waals surface area contributed by atoms with Gasteiger partial charge in [0.25, 0.3) is 0 Å². The molecule has 1 unspecified atom stereocenters. The van der Waals surface area contributed by atoms with E-state index in [0.717, 1.165) is 78.0 Å². The van der Waals surface area contributed by atoms with Crippen molar-refractivity contribution in [3.05, 3.63) is 193 Å². The van der Waals surface area contributed by atoms with E-state index in [1.165, 1.54) is 55.5 Å². The van der Waals surface area contributed by atoms with E-state index < -0.39 is 0 Å². The molecule has 0 saturated carbocycles. The summed E-state index contributed by atoms with van der Waals surface area (Å²) < 4.78 is 19.2. The van der Waals surface area contributed by atoms with E-state index >= 15 is 0 Å². The average molecular weight is 771 g/mol. The highest BCUT2D eigenvalue weighted by molar-refractivity contribution is 6.11. The summed E-state index contributed by atoms with van der Waals surface area (Å²) in [6, 6.07) is 55.1. The Morgan fingerprint density at radius 1 is 0.400 bits per heavy atom. The minimum Gasteiger partial charge on any atom is -0.456 e. The fourth-order valence-electron chi connectivity index (χ4n) is 10.2. The molecule has 13 rings (SSSR count). The third-order valence-electron chi connectivity index (χ3n) is 13.4. The number of hydrogen-bond donors (Lipinski definition) is 0. The summed E-state index contributed by atoms with van der Waals surface area (Å²) in [4.78, 5) is 0. The summed E-state index contributed by atoms with van der Waals surface area (Å²) in [5.74, 6) is 0.392. The molecule has 0 saturated heterocycles. The van der Waals surface area contributed by atoms with Gasteiger partial charge in [0.15, 0.2) is 0 Å². The van der Waals surface area contributed by atoms with Gasteiger partial charge >= 0.3 is 0 Å². The Kier molecular flexibility index (Phi) is 6.90. The molecule has 8 aromatic carbocycles. The smallest absolute Gasteiger partial charge is 0.135 e. The summed E-state index contributed by atoms with van der Waals surface area (Å²) in [5.41, 5.74) is 18.8. The van der Waals surface area contributed by atoms with Crippen molar-refractivity contribution >= 4 is 65.8 Å². The Hall–Kier alpha value is -7.36. The van der Waals surface area contributed by atoms with E-state index in [-0.39, 0.29) is 5.41 Å². The Balaban J connectivity index is 0.882. The number of fused-ring (bicyclic) bond motifs is 12. The molecule has 0 spiro atoms. The molecule has 3 aromatic heterocycles. The maximum absolute atomic E-state index is 6.61. The van der Waals surface area contributed by atoms with Crippen molar-refractivity contribution in [1.82, 2.24) is 0 Å². The molecule has 0 fully saturated rings. The van der Waals surface area contributed by atoms with Crippen molar-refractivity contribution in [3.8, 4) is 44.5 Å². The van der Waals surface area contributed by atoms with Crippen LogP contribution in [0.2, 0.25) is 0 Å². The zero-order chi connectivity index (χ0) is 39.7. The van der Waals surface area contributed by atoms with Crippen molar-refractivity contribution in [1.29, 1.82) is 0 Å². The highest BCUT2D eigenvalue weighted by atomic mass is 16.3. The first-order valence-electron chi connectivity index (χ1n) is 20.9. The van der Waals surface area contributed by atoms with Gasteiger partial charge in [0.05, 0.1) is 0 Å². The third kappa shape index (κ3) is 4.96. The van der Waals surface area contributed by atoms with Crippen LogP contribution in [0.15, 0.2) is 189 Å². The van der Waals surface area contributed by atoms with Crippen LogP contribution < -0.4 is 0 Å². The van der Waals surface area contributed by atoms with Gasteiger partial charge in [-0.3, -0.25) is 0 Å². The van der Waals surface area contributed by atoms with E-state index in [2.05, 4.69) is 190 Å². The minimum atomic E-state index is -0.203. The molecular weight excluding hydrogens is 733 g/mol. The topological polar surface area (TPSA) is 39.4 Å². The van der Waals surface area contributed by atoms with Gasteiger partial charge in [0.2, 0.25) is 0 Å². The van der Waals surface area contributed by atoms with Crippen LogP contribution in [0.25, 0.3) is 110 Å². The predicted octanol–water partition coefficient (Wildman–Crippen LogP) is 16.3. The van der Waals surface area contributed by atoms with Crippen molar-refractivity contribution in [3.63, 3.8) is 0 Å². The van der Waals surface area contributed by atoms with Crippen LogP contribution in [0.1, 0.15) is 42.9 Å². The molecule has 2 aliphatic rings. The van der Waals surface area contributed by atoms with Crippen molar-refractivity contribution < 1.29 is 13.3 Å². The van der Waals surface area contributed by atoms with Gasteiger partial charge in [-0.1, -0.05) is 111 Å². The zero-order valence-corrected chi connectivity index (χ0v) is 33.3. The first kappa shape index (κ1) is 33.6. The van der Waals surface area contributed by atoms with E-state index in [1.54, 1.807) is 0 Å². The molecule has 1 atom stereocenters. The highest BCUT2D eigenvalue weighted by Crippen LogP contribution is 2.52. The predicted molar refractivity (Wildman–Crippen MR) is 248 cm³/mol. The third-order valence-corrected chi connectivity index (χ3v) is 13.4. The average Bonchev–Trinajstić information content (AvgIpc) is 4.02. The first-order valence-corrected chi connectivity index (χ1v) is 20.9. The number of furan rings is 3. The van der Waals surface area contributed by atoms with Crippen LogP contribution in [-0.4, -0.2) is 0 Å². The molecule has 3 heteroatoms. The zero-order valence-electron chi connectivity index (χ0n) is 33.3. The Labute approximate surface area is 346 Å². The second-order valence-electron chi connectivity index (χ2n) is 17.2. The molecule has 0 aliphatic heterocycles. The Morgan fingerprint density at radius 2 is 0.883 bits per heavy atom. The van der Waals surface area contributed by atoms with E-state index in [4.69, 9.17) is 13.3 Å². The van der Waals surface area contributed by atoms with Crippen LogP contribution in [0.3, 0.4) is 0 Å². The summed E-state index contributed by atoms with van der Waals surface area (Å²) in [6.07, 6.45) is 9.85. The minimum absolute atomic E-state index is 0.203. The fraction of sp³-hybridized carbons (Fsp3) is 0.0877. The molecule has 0 radical (unpaired) electrons. The van der Waals surface area contributed by atoms with Gasteiger partial charge in [0.1, 0.15) is 33.5 Å². The van der Waals surface area contributed by atoms with Crippen LogP contribution in [0.5, 0.6) is 0 Å². The van der Waals surface area contributed by atoms with Gasteiger partial charge in [-0.2, -0.15) is 0 Å². The molecule has 284 valence electrons. The fourth-order valence-corrected chi connectivity index (χ4v) is 10.2. The molecule has 3 heterocycles. The van der Waals surface area contributed by atoms with Crippen molar-refractivity contribution in [2.45, 2.75) is 31.6 Å². The summed E-state index contributed by atoms with van der Waals surface area (Å²) >= 11 is 0. The van der Waals surface area contributed by atoms with E-state index in [9.17, 15) is 0 Å². The quantitative estimate of drug-likeness (QED) is 0.179. The van der Waals surface area contributed by atoms with Gasteiger partial charge in [-0.05, 0) is 146 Å². The lowest BCUT2D eigenvalue weighted by Gasteiger charge is -2.22. The molecule has 0 N–H and O–H groups in total. The molecule has 0 amide bonds. The summed E-state index contributed by atoms with van der Waals surface area (Å²) in [6.45, 7) is 4.69.